The Labute approximate surface area is 158 Å². The third-order valence-electron chi connectivity index (χ3n) is 5.03. The van der Waals surface area contributed by atoms with Crippen molar-refractivity contribution in [1.29, 1.82) is 0 Å². The summed E-state index contributed by atoms with van der Waals surface area (Å²) in [5.74, 6) is 1.53. The minimum atomic E-state index is -0.545. The van der Waals surface area contributed by atoms with Gasteiger partial charge in [0.05, 0.1) is 12.0 Å². The maximum atomic E-state index is 13.0. The van der Waals surface area contributed by atoms with Crippen LogP contribution in [0.2, 0.25) is 0 Å². The number of carbonyl (C=O) groups is 1. The van der Waals surface area contributed by atoms with Crippen LogP contribution >= 0.6 is 12.4 Å². The highest BCUT2D eigenvalue weighted by Gasteiger charge is 2.40. The lowest BCUT2D eigenvalue weighted by molar-refractivity contribution is -0.135. The minimum Gasteiger partial charge on any atom is -0.493 e. The number of benzene rings is 1. The number of nitrogens with two attached hydrogens (primary N) is 1. The molecule has 1 atom stereocenters. The Bertz CT molecular complexity index is 572. The van der Waals surface area contributed by atoms with E-state index in [0.29, 0.717) is 19.1 Å². The lowest BCUT2D eigenvalue weighted by atomic mass is 9.83. The van der Waals surface area contributed by atoms with Gasteiger partial charge in [0.2, 0.25) is 5.91 Å². The van der Waals surface area contributed by atoms with Gasteiger partial charge >= 0.3 is 0 Å². The van der Waals surface area contributed by atoms with E-state index in [2.05, 4.69) is 20.8 Å². The molecule has 5 heteroatoms. The van der Waals surface area contributed by atoms with E-state index in [1.165, 1.54) is 0 Å². The summed E-state index contributed by atoms with van der Waals surface area (Å²) in [5.41, 5.74) is 6.39. The van der Waals surface area contributed by atoms with Gasteiger partial charge in [0.1, 0.15) is 5.75 Å². The van der Waals surface area contributed by atoms with E-state index in [0.717, 1.165) is 30.8 Å². The van der Waals surface area contributed by atoms with Gasteiger partial charge in [-0.3, -0.25) is 4.79 Å². The quantitative estimate of drug-likeness (QED) is 0.834. The first-order chi connectivity index (χ1) is 11.2. The molecule has 1 aromatic carbocycles. The highest BCUT2D eigenvalue weighted by molar-refractivity contribution is 5.87. The van der Waals surface area contributed by atoms with Crippen molar-refractivity contribution in [2.24, 2.45) is 17.1 Å². The average Bonchev–Trinajstić information content (AvgIpc) is 2.95. The first-order valence-corrected chi connectivity index (χ1v) is 8.91. The van der Waals surface area contributed by atoms with E-state index >= 15 is 0 Å². The molecule has 25 heavy (non-hydrogen) atoms. The summed E-state index contributed by atoms with van der Waals surface area (Å²) >= 11 is 0. The highest BCUT2D eigenvalue weighted by atomic mass is 35.5. The van der Waals surface area contributed by atoms with Crippen molar-refractivity contribution < 1.29 is 9.53 Å². The molecule has 0 aliphatic carbocycles. The van der Waals surface area contributed by atoms with Crippen LogP contribution in [0.15, 0.2) is 24.3 Å². The van der Waals surface area contributed by atoms with Crippen LogP contribution in [-0.2, 0) is 10.2 Å². The molecule has 0 spiro atoms. The third-order valence-corrected chi connectivity index (χ3v) is 5.03. The van der Waals surface area contributed by atoms with Gasteiger partial charge in [-0.05, 0) is 55.8 Å². The van der Waals surface area contributed by atoms with Crippen molar-refractivity contribution in [3.63, 3.8) is 0 Å². The van der Waals surface area contributed by atoms with Crippen LogP contribution in [0.3, 0.4) is 0 Å². The Morgan fingerprint density at radius 3 is 2.40 bits per heavy atom. The molecule has 1 aliphatic heterocycles. The van der Waals surface area contributed by atoms with Crippen molar-refractivity contribution in [3.8, 4) is 5.75 Å². The second-order valence-electron chi connectivity index (χ2n) is 8.35. The Morgan fingerprint density at radius 1 is 1.32 bits per heavy atom. The van der Waals surface area contributed by atoms with E-state index in [1.54, 1.807) is 0 Å². The summed E-state index contributed by atoms with van der Waals surface area (Å²) in [4.78, 5) is 15.0. The normalized spacial score (nSPS) is 20.5. The van der Waals surface area contributed by atoms with E-state index in [-0.39, 0.29) is 23.7 Å². The monoisotopic (exact) mass is 368 g/mol. The molecule has 0 radical (unpaired) electrons. The van der Waals surface area contributed by atoms with Gasteiger partial charge in [0.15, 0.2) is 0 Å². The number of nitrogens with zero attached hydrogens (tertiary/aromatic N) is 1. The summed E-state index contributed by atoms with van der Waals surface area (Å²) in [6, 6.07) is 7.93. The van der Waals surface area contributed by atoms with Crippen molar-refractivity contribution in [2.75, 3.05) is 26.2 Å². The van der Waals surface area contributed by atoms with Gasteiger partial charge in [0.25, 0.3) is 0 Å². The summed E-state index contributed by atoms with van der Waals surface area (Å²) in [5, 5.41) is 0. The van der Waals surface area contributed by atoms with Crippen LogP contribution in [-0.4, -0.2) is 37.0 Å². The SMILES string of the molecule is CC(C)COc1ccc(C(C)(C)C(=O)N2CCC(C)(CN)C2)cc1.Cl. The summed E-state index contributed by atoms with van der Waals surface area (Å²) in [6.45, 7) is 13.3. The maximum Gasteiger partial charge on any atom is 0.232 e. The highest BCUT2D eigenvalue weighted by Crippen LogP contribution is 2.34. The molecule has 1 amide bonds. The smallest absolute Gasteiger partial charge is 0.232 e. The lowest BCUT2D eigenvalue weighted by Gasteiger charge is -2.31. The number of rotatable bonds is 6. The van der Waals surface area contributed by atoms with E-state index in [4.69, 9.17) is 10.5 Å². The molecule has 1 heterocycles. The van der Waals surface area contributed by atoms with Gasteiger partial charge in [-0.15, -0.1) is 12.4 Å². The molecular formula is C20H33ClN2O2. The second kappa shape index (κ2) is 8.41. The number of hydrogen-bond acceptors (Lipinski definition) is 3. The summed E-state index contributed by atoms with van der Waals surface area (Å²) in [6.07, 6.45) is 0.979. The van der Waals surface area contributed by atoms with Crippen molar-refractivity contribution in [3.05, 3.63) is 29.8 Å². The predicted molar refractivity (Wildman–Crippen MR) is 105 cm³/mol. The number of hydrogen-bond donors (Lipinski definition) is 1. The fraction of sp³-hybridized carbons (Fsp3) is 0.650. The molecule has 1 aromatic rings. The molecular weight excluding hydrogens is 336 g/mol. The van der Waals surface area contributed by atoms with Crippen LogP contribution in [0.5, 0.6) is 5.75 Å². The van der Waals surface area contributed by atoms with Crippen LogP contribution in [0.1, 0.15) is 46.6 Å². The Morgan fingerprint density at radius 2 is 1.92 bits per heavy atom. The standard InChI is InChI=1S/C20H32N2O2.ClH/c1-15(2)12-24-17-8-6-16(7-9-17)19(3,4)18(23)22-11-10-20(5,13-21)14-22;/h6-9,15H,10-14,21H2,1-5H3;1H. The predicted octanol–water partition coefficient (Wildman–Crippen LogP) is 3.62. The Balaban J connectivity index is 0.00000312. The van der Waals surface area contributed by atoms with Gasteiger partial charge in [-0.2, -0.15) is 0 Å². The molecule has 1 unspecified atom stereocenters. The summed E-state index contributed by atoms with van der Waals surface area (Å²) in [7, 11) is 0. The van der Waals surface area contributed by atoms with Crippen LogP contribution in [0, 0.1) is 11.3 Å². The molecule has 0 aromatic heterocycles. The molecule has 1 saturated heterocycles. The molecule has 2 rings (SSSR count). The van der Waals surface area contributed by atoms with Crippen molar-refractivity contribution in [2.45, 2.75) is 46.5 Å². The zero-order chi connectivity index (χ0) is 18.0. The molecule has 0 bridgehead atoms. The van der Waals surface area contributed by atoms with Gasteiger partial charge in [-0.1, -0.05) is 32.9 Å². The van der Waals surface area contributed by atoms with Crippen molar-refractivity contribution >= 4 is 18.3 Å². The van der Waals surface area contributed by atoms with E-state index in [1.807, 2.05) is 43.0 Å². The van der Waals surface area contributed by atoms with Gasteiger partial charge in [0, 0.05) is 13.1 Å². The first kappa shape index (κ1) is 21.8. The number of likely N-dealkylation sites (tertiary alicyclic amines) is 1. The number of ether oxygens (including phenoxy) is 1. The number of amides is 1. The topological polar surface area (TPSA) is 55.6 Å². The third kappa shape index (κ3) is 5.11. The Hall–Kier alpha value is -1.26. The first-order valence-electron chi connectivity index (χ1n) is 8.91. The molecule has 2 N–H and O–H groups in total. The number of halogens is 1. The molecule has 1 fully saturated rings. The second-order valence-corrected chi connectivity index (χ2v) is 8.35. The maximum absolute atomic E-state index is 13.0. The fourth-order valence-corrected chi connectivity index (χ4v) is 3.11. The van der Waals surface area contributed by atoms with Gasteiger partial charge in [-0.25, -0.2) is 0 Å². The summed E-state index contributed by atoms with van der Waals surface area (Å²) < 4.78 is 5.73. The Kier molecular flexibility index (Phi) is 7.33. The molecule has 0 saturated carbocycles. The van der Waals surface area contributed by atoms with Crippen LogP contribution in [0.4, 0.5) is 0 Å². The van der Waals surface area contributed by atoms with E-state index in [9.17, 15) is 4.79 Å². The fourth-order valence-electron chi connectivity index (χ4n) is 3.11. The zero-order valence-electron chi connectivity index (χ0n) is 16.2. The van der Waals surface area contributed by atoms with Crippen LogP contribution in [0.25, 0.3) is 0 Å². The zero-order valence-corrected chi connectivity index (χ0v) is 17.0. The molecule has 142 valence electrons. The van der Waals surface area contributed by atoms with Crippen LogP contribution < -0.4 is 10.5 Å². The van der Waals surface area contributed by atoms with Gasteiger partial charge < -0.3 is 15.4 Å². The molecule has 4 nitrogen and oxygen atoms in total. The molecule has 1 aliphatic rings. The average molecular weight is 369 g/mol. The van der Waals surface area contributed by atoms with E-state index < -0.39 is 5.41 Å². The lowest BCUT2D eigenvalue weighted by Crippen LogP contribution is -2.43. The largest absolute Gasteiger partial charge is 0.493 e. The minimum absolute atomic E-state index is 0. The number of carbonyl (C=O) groups excluding carboxylic acids is 1. The van der Waals surface area contributed by atoms with Crippen molar-refractivity contribution in [1.82, 2.24) is 4.90 Å².